The second-order valence-electron chi connectivity index (χ2n) is 5.78. The van der Waals surface area contributed by atoms with Crippen molar-refractivity contribution in [3.05, 3.63) is 35.5 Å². The topological polar surface area (TPSA) is 62.0 Å². The highest BCUT2D eigenvalue weighted by Crippen LogP contribution is 2.33. The Hall–Kier alpha value is -1.33. The van der Waals surface area contributed by atoms with Crippen LogP contribution in [-0.2, 0) is 15.4 Å². The van der Waals surface area contributed by atoms with E-state index < -0.39 is 10.0 Å². The molecule has 0 unspecified atom stereocenters. The number of fused-ring (bicyclic) bond motifs is 1. The van der Waals surface area contributed by atoms with E-state index in [2.05, 4.69) is 29.6 Å². The SMILES string of the molecule is CCS(=O)(=O)NCC(C)(C)c1c(C)[nH]c2ccccc12. The summed E-state index contributed by atoms with van der Waals surface area (Å²) in [5, 5.41) is 1.16. The molecule has 110 valence electrons. The van der Waals surface area contributed by atoms with Crippen molar-refractivity contribution >= 4 is 20.9 Å². The van der Waals surface area contributed by atoms with E-state index in [-0.39, 0.29) is 11.2 Å². The van der Waals surface area contributed by atoms with Gasteiger partial charge in [0, 0.05) is 28.6 Å². The van der Waals surface area contributed by atoms with Crippen LogP contribution in [0.5, 0.6) is 0 Å². The van der Waals surface area contributed by atoms with Gasteiger partial charge >= 0.3 is 0 Å². The molecule has 0 saturated carbocycles. The molecule has 0 amide bonds. The van der Waals surface area contributed by atoms with E-state index in [0.717, 1.165) is 16.6 Å². The summed E-state index contributed by atoms with van der Waals surface area (Å²) in [5.74, 6) is 0.107. The predicted octanol–water partition coefficient (Wildman–Crippen LogP) is 2.69. The third-order valence-electron chi connectivity index (χ3n) is 3.68. The third-order valence-corrected chi connectivity index (χ3v) is 5.03. The van der Waals surface area contributed by atoms with Gasteiger partial charge in [-0.1, -0.05) is 32.0 Å². The van der Waals surface area contributed by atoms with Crippen molar-refractivity contribution in [2.75, 3.05) is 12.3 Å². The fraction of sp³-hybridized carbons (Fsp3) is 0.467. The quantitative estimate of drug-likeness (QED) is 0.890. The average molecular weight is 294 g/mol. The third kappa shape index (κ3) is 2.88. The molecule has 2 N–H and O–H groups in total. The second-order valence-corrected chi connectivity index (χ2v) is 7.87. The van der Waals surface area contributed by atoms with Crippen molar-refractivity contribution < 1.29 is 8.42 Å². The lowest BCUT2D eigenvalue weighted by Crippen LogP contribution is -2.37. The Kier molecular flexibility index (Phi) is 3.93. The van der Waals surface area contributed by atoms with Gasteiger partial charge in [-0.05, 0) is 25.5 Å². The number of sulfonamides is 1. The molecular weight excluding hydrogens is 272 g/mol. The molecule has 1 aromatic heterocycles. The Morgan fingerprint density at radius 3 is 2.55 bits per heavy atom. The van der Waals surface area contributed by atoms with E-state index in [9.17, 15) is 8.42 Å². The lowest BCUT2D eigenvalue weighted by atomic mass is 9.83. The van der Waals surface area contributed by atoms with E-state index in [0.29, 0.717) is 6.54 Å². The van der Waals surface area contributed by atoms with Crippen molar-refractivity contribution in [2.24, 2.45) is 0 Å². The highest BCUT2D eigenvalue weighted by Gasteiger charge is 2.27. The van der Waals surface area contributed by atoms with Crippen LogP contribution in [0.1, 0.15) is 32.0 Å². The van der Waals surface area contributed by atoms with Crippen LogP contribution in [0.2, 0.25) is 0 Å². The zero-order valence-electron chi connectivity index (χ0n) is 12.4. The zero-order valence-corrected chi connectivity index (χ0v) is 13.3. The Bertz CT molecular complexity index is 715. The Morgan fingerprint density at radius 2 is 1.90 bits per heavy atom. The van der Waals surface area contributed by atoms with Crippen LogP contribution >= 0.6 is 0 Å². The summed E-state index contributed by atoms with van der Waals surface area (Å²) < 4.78 is 26.0. The summed E-state index contributed by atoms with van der Waals surface area (Å²) in [6.45, 7) is 8.20. The van der Waals surface area contributed by atoms with Crippen LogP contribution in [0.15, 0.2) is 24.3 Å². The molecule has 0 bridgehead atoms. The van der Waals surface area contributed by atoms with Crippen molar-refractivity contribution in [1.82, 2.24) is 9.71 Å². The normalized spacial score (nSPS) is 13.0. The van der Waals surface area contributed by atoms with Crippen molar-refractivity contribution in [3.63, 3.8) is 0 Å². The van der Waals surface area contributed by atoms with Gasteiger partial charge in [0.05, 0.1) is 5.75 Å². The van der Waals surface area contributed by atoms with Gasteiger partial charge in [-0.2, -0.15) is 0 Å². The standard InChI is InChI=1S/C15H22N2O2S/c1-5-20(18,19)16-10-15(3,4)14-11(2)17-13-9-7-6-8-12(13)14/h6-9,16-17H,5,10H2,1-4H3. The van der Waals surface area contributed by atoms with E-state index in [1.807, 2.05) is 25.1 Å². The van der Waals surface area contributed by atoms with E-state index in [4.69, 9.17) is 0 Å². The highest BCUT2D eigenvalue weighted by atomic mass is 32.2. The molecule has 0 aliphatic heterocycles. The molecule has 0 spiro atoms. The molecule has 5 heteroatoms. The van der Waals surface area contributed by atoms with E-state index >= 15 is 0 Å². The van der Waals surface area contributed by atoms with Gasteiger partial charge < -0.3 is 4.98 Å². The molecule has 2 aromatic rings. The van der Waals surface area contributed by atoms with Crippen LogP contribution in [-0.4, -0.2) is 25.7 Å². The summed E-state index contributed by atoms with van der Waals surface area (Å²) in [6, 6.07) is 8.11. The van der Waals surface area contributed by atoms with Crippen LogP contribution in [0.3, 0.4) is 0 Å². The lowest BCUT2D eigenvalue weighted by Gasteiger charge is -2.26. The maximum Gasteiger partial charge on any atom is 0.211 e. The largest absolute Gasteiger partial charge is 0.358 e. The molecule has 4 nitrogen and oxygen atoms in total. The molecule has 1 aromatic carbocycles. The van der Waals surface area contributed by atoms with Crippen LogP contribution in [0.25, 0.3) is 10.9 Å². The van der Waals surface area contributed by atoms with Gasteiger partial charge in [0.15, 0.2) is 0 Å². The summed E-state index contributed by atoms with van der Waals surface area (Å²) in [6.07, 6.45) is 0. The molecule has 0 saturated heterocycles. The monoisotopic (exact) mass is 294 g/mol. The Labute approximate surface area is 120 Å². The number of benzene rings is 1. The number of rotatable bonds is 5. The molecule has 0 aliphatic carbocycles. The smallest absolute Gasteiger partial charge is 0.211 e. The minimum absolute atomic E-state index is 0.107. The first-order chi connectivity index (χ1) is 9.27. The Balaban J connectivity index is 2.39. The molecule has 0 radical (unpaired) electrons. The first kappa shape index (κ1) is 15.1. The van der Waals surface area contributed by atoms with Gasteiger partial charge in [0.25, 0.3) is 0 Å². The molecular formula is C15H22N2O2S. The van der Waals surface area contributed by atoms with Crippen LogP contribution < -0.4 is 4.72 Å². The summed E-state index contributed by atoms with van der Waals surface area (Å²) in [4.78, 5) is 3.37. The number of aryl methyl sites for hydroxylation is 1. The number of H-pyrrole nitrogens is 1. The average Bonchev–Trinajstić information content (AvgIpc) is 2.73. The molecule has 20 heavy (non-hydrogen) atoms. The van der Waals surface area contributed by atoms with E-state index in [1.165, 1.54) is 5.56 Å². The number of hydrogen-bond acceptors (Lipinski definition) is 2. The predicted molar refractivity (Wildman–Crippen MR) is 83.5 cm³/mol. The van der Waals surface area contributed by atoms with Crippen molar-refractivity contribution in [1.29, 1.82) is 0 Å². The fourth-order valence-corrected chi connectivity index (χ4v) is 3.41. The molecule has 2 rings (SSSR count). The van der Waals surface area contributed by atoms with Crippen molar-refractivity contribution in [3.8, 4) is 0 Å². The number of nitrogens with one attached hydrogen (secondary N) is 2. The number of para-hydroxylation sites is 1. The Morgan fingerprint density at radius 1 is 1.25 bits per heavy atom. The molecule has 0 aliphatic rings. The van der Waals surface area contributed by atoms with Crippen LogP contribution in [0.4, 0.5) is 0 Å². The second kappa shape index (κ2) is 5.22. The molecule has 1 heterocycles. The summed E-state index contributed by atoms with van der Waals surface area (Å²) >= 11 is 0. The maximum absolute atomic E-state index is 11.6. The summed E-state index contributed by atoms with van der Waals surface area (Å²) in [7, 11) is -3.17. The van der Waals surface area contributed by atoms with Crippen LogP contribution in [0, 0.1) is 6.92 Å². The highest BCUT2D eigenvalue weighted by molar-refractivity contribution is 7.89. The van der Waals surface area contributed by atoms with Gasteiger partial charge in [-0.15, -0.1) is 0 Å². The molecule has 0 fully saturated rings. The van der Waals surface area contributed by atoms with Gasteiger partial charge in [0.1, 0.15) is 0 Å². The summed E-state index contributed by atoms with van der Waals surface area (Å²) in [5.41, 5.74) is 3.08. The maximum atomic E-state index is 11.6. The first-order valence-electron chi connectivity index (χ1n) is 6.82. The fourth-order valence-electron chi connectivity index (χ4n) is 2.63. The zero-order chi connectivity index (χ0) is 15.0. The first-order valence-corrected chi connectivity index (χ1v) is 8.47. The number of aromatic nitrogens is 1. The van der Waals surface area contributed by atoms with Gasteiger partial charge in [-0.25, -0.2) is 13.1 Å². The lowest BCUT2D eigenvalue weighted by molar-refractivity contribution is 0.503. The number of aromatic amines is 1. The number of hydrogen-bond donors (Lipinski definition) is 2. The van der Waals surface area contributed by atoms with E-state index in [1.54, 1.807) is 6.92 Å². The van der Waals surface area contributed by atoms with Gasteiger partial charge in [0.2, 0.25) is 10.0 Å². The van der Waals surface area contributed by atoms with Gasteiger partial charge in [-0.3, -0.25) is 0 Å². The minimum atomic E-state index is -3.17. The minimum Gasteiger partial charge on any atom is -0.358 e. The molecule has 0 atom stereocenters. The van der Waals surface area contributed by atoms with Crippen molar-refractivity contribution in [2.45, 2.75) is 33.1 Å².